The highest BCUT2D eigenvalue weighted by Crippen LogP contribution is 2.26. The summed E-state index contributed by atoms with van der Waals surface area (Å²) < 4.78 is 5.86. The summed E-state index contributed by atoms with van der Waals surface area (Å²) in [5.74, 6) is 0.610. The highest BCUT2D eigenvalue weighted by atomic mass is 35.5. The van der Waals surface area contributed by atoms with Crippen LogP contribution in [0.5, 0.6) is 5.75 Å². The van der Waals surface area contributed by atoms with Crippen LogP contribution in [0, 0.1) is 5.92 Å². The Morgan fingerprint density at radius 1 is 1.45 bits per heavy atom. The molecule has 0 unspecified atom stereocenters. The van der Waals surface area contributed by atoms with Crippen molar-refractivity contribution in [2.45, 2.75) is 39.2 Å². The first-order valence-corrected chi connectivity index (χ1v) is 8.12. The van der Waals surface area contributed by atoms with E-state index >= 15 is 0 Å². The van der Waals surface area contributed by atoms with Gasteiger partial charge in [0.05, 0.1) is 17.2 Å². The summed E-state index contributed by atoms with van der Waals surface area (Å²) in [7, 11) is 0. The summed E-state index contributed by atoms with van der Waals surface area (Å²) in [4.78, 5) is 13.8. The predicted octanol–water partition coefficient (Wildman–Crippen LogP) is 3.33. The first-order chi connectivity index (χ1) is 10.3. The van der Waals surface area contributed by atoms with E-state index in [-0.39, 0.29) is 5.54 Å². The average Bonchev–Trinajstić information content (AvgIpc) is 2.45. The van der Waals surface area contributed by atoms with Crippen LogP contribution < -0.4 is 10.5 Å². The summed E-state index contributed by atoms with van der Waals surface area (Å²) in [6.45, 7) is 9.57. The van der Waals surface area contributed by atoms with Crippen LogP contribution in [0.1, 0.15) is 44.0 Å². The SMILES string of the molecule is CC(C)(C)N1CCC[C@H](COc2ccc(Cl)c(C(N)=O)c2)C1. The Balaban J connectivity index is 1.95. The number of rotatable bonds is 4. The number of carbonyl (C=O) groups is 1. The molecule has 0 spiro atoms. The molecular weight excluding hydrogens is 300 g/mol. The molecule has 0 saturated carbocycles. The lowest BCUT2D eigenvalue weighted by molar-refractivity contribution is 0.0607. The smallest absolute Gasteiger partial charge is 0.250 e. The van der Waals surface area contributed by atoms with Crippen LogP contribution in [0.25, 0.3) is 0 Å². The van der Waals surface area contributed by atoms with Gasteiger partial charge in [0.2, 0.25) is 5.91 Å². The van der Waals surface area contributed by atoms with Gasteiger partial charge in [-0.3, -0.25) is 9.69 Å². The van der Waals surface area contributed by atoms with Crippen LogP contribution in [-0.4, -0.2) is 36.0 Å². The van der Waals surface area contributed by atoms with Crippen molar-refractivity contribution in [3.63, 3.8) is 0 Å². The van der Waals surface area contributed by atoms with Gasteiger partial charge in [-0.2, -0.15) is 0 Å². The number of primary amides is 1. The van der Waals surface area contributed by atoms with Crippen molar-refractivity contribution in [1.29, 1.82) is 0 Å². The molecule has 0 radical (unpaired) electrons. The number of halogens is 1. The molecule has 1 atom stereocenters. The van der Waals surface area contributed by atoms with Gasteiger partial charge in [0.25, 0.3) is 0 Å². The van der Waals surface area contributed by atoms with Gasteiger partial charge in [0, 0.05) is 18.0 Å². The van der Waals surface area contributed by atoms with E-state index < -0.39 is 5.91 Å². The molecule has 4 nitrogen and oxygen atoms in total. The number of nitrogens with two attached hydrogens (primary N) is 1. The topological polar surface area (TPSA) is 55.6 Å². The number of carbonyl (C=O) groups excluding carboxylic acids is 1. The van der Waals surface area contributed by atoms with Crippen LogP contribution in [0.15, 0.2) is 18.2 Å². The fourth-order valence-corrected chi connectivity index (χ4v) is 3.02. The number of hydrogen-bond acceptors (Lipinski definition) is 3. The second-order valence-electron chi connectivity index (χ2n) is 6.94. The van der Waals surface area contributed by atoms with Crippen molar-refractivity contribution in [3.8, 4) is 5.75 Å². The first-order valence-electron chi connectivity index (χ1n) is 7.74. The second-order valence-corrected chi connectivity index (χ2v) is 7.35. The van der Waals surface area contributed by atoms with E-state index in [9.17, 15) is 4.79 Å². The third kappa shape index (κ3) is 4.37. The maximum atomic E-state index is 11.3. The van der Waals surface area contributed by atoms with Gasteiger partial charge in [-0.1, -0.05) is 11.6 Å². The summed E-state index contributed by atoms with van der Waals surface area (Å²) in [5, 5.41) is 0.358. The number of amides is 1. The fraction of sp³-hybridized carbons (Fsp3) is 0.588. The summed E-state index contributed by atoms with van der Waals surface area (Å²) in [6, 6.07) is 5.05. The van der Waals surface area contributed by atoms with E-state index in [0.717, 1.165) is 13.1 Å². The molecule has 122 valence electrons. The largest absolute Gasteiger partial charge is 0.493 e. The molecule has 1 fully saturated rings. The van der Waals surface area contributed by atoms with Gasteiger partial charge >= 0.3 is 0 Å². The standard InChI is InChI=1S/C17H25ClN2O2/c1-17(2,3)20-8-4-5-12(10-20)11-22-13-6-7-15(18)14(9-13)16(19)21/h6-7,9,12H,4-5,8,10-11H2,1-3H3,(H2,19,21)/t12-/m0/s1. The number of nitrogens with zero attached hydrogens (tertiary/aromatic N) is 1. The lowest BCUT2D eigenvalue weighted by atomic mass is 9.94. The molecule has 0 aromatic heterocycles. The Morgan fingerprint density at radius 2 is 2.18 bits per heavy atom. The molecule has 0 bridgehead atoms. The monoisotopic (exact) mass is 324 g/mol. The first kappa shape index (κ1) is 17.1. The maximum absolute atomic E-state index is 11.3. The molecule has 1 heterocycles. The van der Waals surface area contributed by atoms with Crippen LogP contribution >= 0.6 is 11.6 Å². The Morgan fingerprint density at radius 3 is 2.82 bits per heavy atom. The minimum Gasteiger partial charge on any atom is -0.493 e. The molecule has 1 aromatic rings. The molecule has 1 aliphatic rings. The molecule has 22 heavy (non-hydrogen) atoms. The quantitative estimate of drug-likeness (QED) is 0.924. The zero-order chi connectivity index (χ0) is 16.3. The van der Waals surface area contributed by atoms with E-state index in [2.05, 4.69) is 25.7 Å². The normalized spacial score (nSPS) is 19.9. The fourth-order valence-electron chi connectivity index (χ4n) is 2.81. The number of likely N-dealkylation sites (tertiary alicyclic amines) is 1. The summed E-state index contributed by atoms with van der Waals surface area (Å²) in [5.41, 5.74) is 5.80. The van der Waals surface area contributed by atoms with Gasteiger partial charge < -0.3 is 10.5 Å². The molecule has 2 N–H and O–H groups in total. The van der Waals surface area contributed by atoms with Crippen molar-refractivity contribution in [2.75, 3.05) is 19.7 Å². The van der Waals surface area contributed by atoms with Crippen molar-refractivity contribution < 1.29 is 9.53 Å². The lowest BCUT2D eigenvalue weighted by Gasteiger charge is -2.41. The van der Waals surface area contributed by atoms with Crippen LogP contribution in [0.2, 0.25) is 5.02 Å². The molecule has 0 aliphatic carbocycles. The van der Waals surface area contributed by atoms with E-state index in [1.54, 1.807) is 18.2 Å². The number of hydrogen-bond donors (Lipinski definition) is 1. The third-order valence-corrected chi connectivity index (χ3v) is 4.49. The van der Waals surface area contributed by atoms with E-state index in [1.165, 1.54) is 12.8 Å². The van der Waals surface area contributed by atoms with Crippen LogP contribution in [0.3, 0.4) is 0 Å². The Hall–Kier alpha value is -1.26. The highest BCUT2D eigenvalue weighted by Gasteiger charge is 2.28. The minimum atomic E-state index is -0.535. The Kier molecular flexibility index (Phi) is 5.35. The van der Waals surface area contributed by atoms with Crippen molar-refractivity contribution >= 4 is 17.5 Å². The van der Waals surface area contributed by atoms with Gasteiger partial charge in [-0.25, -0.2) is 0 Å². The van der Waals surface area contributed by atoms with Crippen molar-refractivity contribution in [2.24, 2.45) is 11.7 Å². The molecule has 1 saturated heterocycles. The molecule has 1 aromatic carbocycles. The van der Waals surface area contributed by atoms with E-state index in [0.29, 0.717) is 28.9 Å². The zero-order valence-corrected chi connectivity index (χ0v) is 14.3. The Labute approximate surface area is 137 Å². The zero-order valence-electron chi connectivity index (χ0n) is 13.6. The average molecular weight is 325 g/mol. The van der Waals surface area contributed by atoms with Gasteiger partial charge in [-0.05, 0) is 58.4 Å². The second kappa shape index (κ2) is 6.88. The van der Waals surface area contributed by atoms with Crippen LogP contribution in [0.4, 0.5) is 0 Å². The summed E-state index contributed by atoms with van der Waals surface area (Å²) >= 11 is 5.95. The van der Waals surface area contributed by atoms with E-state index in [4.69, 9.17) is 22.1 Å². The Bertz CT molecular complexity index is 540. The highest BCUT2D eigenvalue weighted by molar-refractivity contribution is 6.33. The molecule has 1 aliphatic heterocycles. The van der Waals surface area contributed by atoms with E-state index in [1.807, 2.05) is 0 Å². The predicted molar refractivity (Wildman–Crippen MR) is 89.5 cm³/mol. The van der Waals surface area contributed by atoms with Crippen LogP contribution in [-0.2, 0) is 0 Å². The number of piperidine rings is 1. The maximum Gasteiger partial charge on any atom is 0.250 e. The molecule has 2 rings (SSSR count). The minimum absolute atomic E-state index is 0.193. The van der Waals surface area contributed by atoms with Gasteiger partial charge in [-0.15, -0.1) is 0 Å². The lowest BCUT2D eigenvalue weighted by Crippen LogP contribution is -2.48. The van der Waals surface area contributed by atoms with Crippen molar-refractivity contribution in [3.05, 3.63) is 28.8 Å². The van der Waals surface area contributed by atoms with Crippen molar-refractivity contribution in [1.82, 2.24) is 4.90 Å². The number of benzene rings is 1. The van der Waals surface area contributed by atoms with Gasteiger partial charge in [0.1, 0.15) is 5.75 Å². The molecule has 5 heteroatoms. The number of ether oxygens (including phenoxy) is 1. The molecular formula is C17H25ClN2O2. The molecule has 1 amide bonds. The van der Waals surface area contributed by atoms with Gasteiger partial charge in [0.15, 0.2) is 0 Å². The summed E-state index contributed by atoms with van der Waals surface area (Å²) in [6.07, 6.45) is 2.36. The third-order valence-electron chi connectivity index (χ3n) is 4.16.